The van der Waals surface area contributed by atoms with Crippen molar-refractivity contribution in [1.82, 2.24) is 0 Å². The van der Waals surface area contributed by atoms with Crippen LogP contribution in [-0.4, -0.2) is 16.2 Å². The largest absolute Gasteiger partial charge is 0.508 e. The smallest absolute Gasteiger partial charge is 0.271 e. The fraction of sp³-hybridized carbons (Fsp3) is 0. The number of phenols is 1. The van der Waals surface area contributed by atoms with Gasteiger partial charge in [-0.05, 0) is 47.7 Å². The van der Waals surface area contributed by atoms with Crippen molar-refractivity contribution < 1.29 is 14.3 Å². The average Bonchev–Trinajstić information content (AvgIpc) is 2.77. The second kappa shape index (κ2) is 5.65. The number of benzene rings is 2. The van der Waals surface area contributed by atoms with Crippen molar-refractivity contribution in [3.8, 4) is 5.75 Å². The average molecular weight is 314 g/mol. The van der Waals surface area contributed by atoms with Crippen LogP contribution in [0.3, 0.4) is 0 Å². The third-order valence-corrected chi connectivity index (χ3v) is 4.00. The molecule has 0 aromatic heterocycles. The number of halogens is 1. The predicted octanol–water partition coefficient (Wildman–Crippen LogP) is 3.59. The van der Waals surface area contributed by atoms with Gasteiger partial charge in [0, 0.05) is 0 Å². The number of amidine groups is 1. The molecule has 0 spiro atoms. The number of amides is 1. The fourth-order valence-electron chi connectivity index (χ4n) is 2.06. The quantitative estimate of drug-likeness (QED) is 0.833. The van der Waals surface area contributed by atoms with Crippen LogP contribution in [0.4, 0.5) is 10.1 Å². The normalized spacial score (nSPS) is 16.6. The van der Waals surface area contributed by atoms with Gasteiger partial charge in [0.2, 0.25) is 0 Å². The van der Waals surface area contributed by atoms with Crippen molar-refractivity contribution in [1.29, 1.82) is 5.41 Å². The van der Waals surface area contributed by atoms with Gasteiger partial charge in [-0.2, -0.15) is 0 Å². The van der Waals surface area contributed by atoms with Gasteiger partial charge in [0.15, 0.2) is 5.17 Å². The lowest BCUT2D eigenvalue weighted by Gasteiger charge is -2.14. The second-order valence-corrected chi connectivity index (χ2v) is 5.63. The Bertz CT molecular complexity index is 787. The summed E-state index contributed by atoms with van der Waals surface area (Å²) in [5.41, 5.74) is 0.788. The number of aromatic hydroxyl groups is 1. The highest BCUT2D eigenvalue weighted by Crippen LogP contribution is 2.36. The third-order valence-electron chi connectivity index (χ3n) is 3.11. The SMILES string of the molecule is N=C1S/C(=C/c2ccc(O)cc2)C(=O)N1c1ccccc1F. The first-order valence-electron chi connectivity index (χ1n) is 6.42. The summed E-state index contributed by atoms with van der Waals surface area (Å²) in [6, 6.07) is 12.2. The minimum atomic E-state index is -0.549. The zero-order valence-corrected chi connectivity index (χ0v) is 12.1. The van der Waals surface area contributed by atoms with E-state index in [9.17, 15) is 14.3 Å². The van der Waals surface area contributed by atoms with Gasteiger partial charge in [-0.1, -0.05) is 24.3 Å². The fourth-order valence-corrected chi connectivity index (χ4v) is 2.92. The number of para-hydroxylation sites is 1. The Balaban J connectivity index is 1.95. The molecule has 110 valence electrons. The number of phenolic OH excluding ortho intramolecular Hbond substituents is 1. The molecule has 0 bridgehead atoms. The zero-order valence-electron chi connectivity index (χ0n) is 11.3. The number of nitrogens with one attached hydrogen (secondary N) is 1. The van der Waals surface area contributed by atoms with Gasteiger partial charge < -0.3 is 5.11 Å². The Kier molecular flexibility index (Phi) is 3.68. The summed E-state index contributed by atoms with van der Waals surface area (Å²) in [5, 5.41) is 17.1. The summed E-state index contributed by atoms with van der Waals surface area (Å²) >= 11 is 0.976. The van der Waals surface area contributed by atoms with Crippen LogP contribution in [-0.2, 0) is 4.79 Å². The van der Waals surface area contributed by atoms with E-state index in [0.717, 1.165) is 22.2 Å². The molecule has 6 heteroatoms. The van der Waals surface area contributed by atoms with Crippen LogP contribution < -0.4 is 4.90 Å². The van der Waals surface area contributed by atoms with Crippen LogP contribution >= 0.6 is 11.8 Å². The highest BCUT2D eigenvalue weighted by atomic mass is 32.2. The van der Waals surface area contributed by atoms with Crippen molar-refractivity contribution in [2.45, 2.75) is 0 Å². The van der Waals surface area contributed by atoms with Crippen molar-refractivity contribution in [3.05, 3.63) is 64.8 Å². The van der Waals surface area contributed by atoms with Gasteiger partial charge in [-0.3, -0.25) is 15.1 Å². The number of rotatable bonds is 2. The maximum absolute atomic E-state index is 13.8. The molecule has 0 saturated carbocycles. The summed E-state index contributed by atoms with van der Waals surface area (Å²) in [6.45, 7) is 0. The number of thioether (sulfide) groups is 1. The Labute approximate surface area is 130 Å². The van der Waals surface area contributed by atoms with E-state index in [1.165, 1.54) is 30.3 Å². The summed E-state index contributed by atoms with van der Waals surface area (Å²) in [6.07, 6.45) is 1.61. The van der Waals surface area contributed by atoms with E-state index >= 15 is 0 Å². The summed E-state index contributed by atoms with van der Waals surface area (Å²) in [5.74, 6) is -0.853. The minimum Gasteiger partial charge on any atom is -0.508 e. The third kappa shape index (κ3) is 2.60. The standard InChI is InChI=1S/C16H11FN2O2S/c17-12-3-1-2-4-13(12)19-15(21)14(22-16(19)18)9-10-5-7-11(20)8-6-10/h1-9,18,20H/b14-9+,18-16?. The van der Waals surface area contributed by atoms with E-state index in [1.807, 2.05) is 0 Å². The molecule has 1 saturated heterocycles. The topological polar surface area (TPSA) is 64.4 Å². The van der Waals surface area contributed by atoms with Crippen LogP contribution in [0.15, 0.2) is 53.4 Å². The monoisotopic (exact) mass is 314 g/mol. The highest BCUT2D eigenvalue weighted by Gasteiger charge is 2.34. The van der Waals surface area contributed by atoms with Crippen LogP contribution in [0, 0.1) is 11.2 Å². The Morgan fingerprint density at radius 3 is 2.50 bits per heavy atom. The molecule has 1 aliphatic heterocycles. The van der Waals surface area contributed by atoms with Gasteiger partial charge in [-0.25, -0.2) is 4.39 Å². The molecule has 3 rings (SSSR count). The summed E-state index contributed by atoms with van der Waals surface area (Å²) in [7, 11) is 0. The van der Waals surface area contributed by atoms with E-state index < -0.39 is 11.7 Å². The molecular formula is C16H11FN2O2S. The molecular weight excluding hydrogens is 303 g/mol. The molecule has 0 atom stereocenters. The van der Waals surface area contributed by atoms with Crippen LogP contribution in [0.5, 0.6) is 5.75 Å². The number of hydrogen-bond donors (Lipinski definition) is 2. The van der Waals surface area contributed by atoms with Gasteiger partial charge in [-0.15, -0.1) is 0 Å². The van der Waals surface area contributed by atoms with Crippen molar-refractivity contribution in [2.75, 3.05) is 4.90 Å². The minimum absolute atomic E-state index is 0.0415. The maximum Gasteiger partial charge on any atom is 0.271 e. The molecule has 2 aromatic rings. The number of carbonyl (C=O) groups excluding carboxylic acids is 1. The summed E-state index contributed by atoms with van der Waals surface area (Å²) in [4.78, 5) is 13.8. The molecule has 1 heterocycles. The zero-order chi connectivity index (χ0) is 15.7. The van der Waals surface area contributed by atoms with Crippen LogP contribution in [0.2, 0.25) is 0 Å². The predicted molar refractivity (Wildman–Crippen MR) is 85.3 cm³/mol. The number of nitrogens with zero attached hydrogens (tertiary/aromatic N) is 1. The molecule has 0 unspecified atom stereocenters. The lowest BCUT2D eigenvalue weighted by Crippen LogP contribution is -2.28. The van der Waals surface area contributed by atoms with Crippen LogP contribution in [0.1, 0.15) is 5.56 Å². The first-order chi connectivity index (χ1) is 10.6. The van der Waals surface area contributed by atoms with Crippen molar-refractivity contribution >= 4 is 34.6 Å². The maximum atomic E-state index is 13.8. The van der Waals surface area contributed by atoms with Crippen LogP contribution in [0.25, 0.3) is 6.08 Å². The van der Waals surface area contributed by atoms with Gasteiger partial charge in [0.25, 0.3) is 5.91 Å². The molecule has 2 aromatic carbocycles. The van der Waals surface area contributed by atoms with Gasteiger partial charge >= 0.3 is 0 Å². The lowest BCUT2D eigenvalue weighted by molar-refractivity contribution is -0.113. The number of carbonyl (C=O) groups is 1. The van der Waals surface area contributed by atoms with E-state index in [1.54, 1.807) is 24.3 Å². The molecule has 2 N–H and O–H groups in total. The molecule has 0 radical (unpaired) electrons. The lowest BCUT2D eigenvalue weighted by atomic mass is 10.2. The first-order valence-corrected chi connectivity index (χ1v) is 7.24. The highest BCUT2D eigenvalue weighted by molar-refractivity contribution is 8.19. The molecule has 1 amide bonds. The molecule has 22 heavy (non-hydrogen) atoms. The Morgan fingerprint density at radius 2 is 1.82 bits per heavy atom. The molecule has 4 nitrogen and oxygen atoms in total. The van der Waals surface area contributed by atoms with E-state index in [4.69, 9.17) is 5.41 Å². The van der Waals surface area contributed by atoms with Crippen molar-refractivity contribution in [2.24, 2.45) is 0 Å². The van der Waals surface area contributed by atoms with Gasteiger partial charge in [0.05, 0.1) is 10.6 Å². The number of anilines is 1. The Hall–Kier alpha value is -2.60. The second-order valence-electron chi connectivity index (χ2n) is 4.60. The van der Waals surface area contributed by atoms with E-state index in [-0.39, 0.29) is 16.6 Å². The molecule has 1 fully saturated rings. The van der Waals surface area contributed by atoms with E-state index in [0.29, 0.717) is 4.91 Å². The van der Waals surface area contributed by atoms with E-state index in [2.05, 4.69) is 0 Å². The van der Waals surface area contributed by atoms with Gasteiger partial charge in [0.1, 0.15) is 11.6 Å². The first kappa shape index (κ1) is 14.3. The van der Waals surface area contributed by atoms with Crippen molar-refractivity contribution in [3.63, 3.8) is 0 Å². The molecule has 1 aliphatic rings. The summed E-state index contributed by atoms with van der Waals surface area (Å²) < 4.78 is 13.8. The molecule has 0 aliphatic carbocycles. The number of hydrogen-bond acceptors (Lipinski definition) is 4. The Morgan fingerprint density at radius 1 is 1.14 bits per heavy atom.